The molecule has 1 saturated heterocycles. The SMILES string of the molecule is CCNC(=NCc1ccnc(N2CCOC(C)C2)c1)N(C)Cc1ccccc1.I. The molecule has 0 spiro atoms. The van der Waals surface area contributed by atoms with Gasteiger partial charge in [-0.3, -0.25) is 0 Å². The molecule has 6 nitrogen and oxygen atoms in total. The zero-order chi connectivity index (χ0) is 19.8. The molecule has 7 heteroatoms. The second-order valence-corrected chi connectivity index (χ2v) is 7.16. The predicted molar refractivity (Wildman–Crippen MR) is 130 cm³/mol. The molecule has 1 atom stereocenters. The fraction of sp³-hybridized carbons (Fsp3) is 0.455. The summed E-state index contributed by atoms with van der Waals surface area (Å²) in [5.74, 6) is 1.91. The van der Waals surface area contributed by atoms with Crippen molar-refractivity contribution in [3.63, 3.8) is 0 Å². The maximum Gasteiger partial charge on any atom is 0.194 e. The van der Waals surface area contributed by atoms with Gasteiger partial charge in [0.1, 0.15) is 5.82 Å². The van der Waals surface area contributed by atoms with Crippen LogP contribution in [0.4, 0.5) is 5.82 Å². The summed E-state index contributed by atoms with van der Waals surface area (Å²) < 4.78 is 5.64. The first kappa shape index (κ1) is 23.4. The largest absolute Gasteiger partial charge is 0.375 e. The highest BCUT2D eigenvalue weighted by molar-refractivity contribution is 14.0. The van der Waals surface area contributed by atoms with Gasteiger partial charge in [-0.2, -0.15) is 0 Å². The van der Waals surface area contributed by atoms with E-state index in [1.165, 1.54) is 5.56 Å². The number of hydrogen-bond acceptors (Lipinski definition) is 4. The summed E-state index contributed by atoms with van der Waals surface area (Å²) in [5, 5.41) is 3.39. The van der Waals surface area contributed by atoms with Crippen molar-refractivity contribution in [3.05, 3.63) is 59.8 Å². The minimum atomic E-state index is 0. The number of hydrogen-bond donors (Lipinski definition) is 1. The lowest BCUT2D eigenvalue weighted by atomic mass is 10.2. The molecule has 0 bridgehead atoms. The number of morpholine rings is 1. The summed E-state index contributed by atoms with van der Waals surface area (Å²) >= 11 is 0. The van der Waals surface area contributed by atoms with Gasteiger partial charge in [0.15, 0.2) is 5.96 Å². The highest BCUT2D eigenvalue weighted by atomic mass is 127. The first-order chi connectivity index (χ1) is 13.7. The molecule has 1 fully saturated rings. The number of nitrogens with zero attached hydrogens (tertiary/aromatic N) is 4. The van der Waals surface area contributed by atoms with Crippen LogP contribution in [0.25, 0.3) is 0 Å². The first-order valence-corrected chi connectivity index (χ1v) is 10.0. The van der Waals surface area contributed by atoms with E-state index in [1.54, 1.807) is 0 Å². The van der Waals surface area contributed by atoms with Gasteiger partial charge in [0.25, 0.3) is 0 Å². The third-order valence-electron chi connectivity index (χ3n) is 4.75. The van der Waals surface area contributed by atoms with Gasteiger partial charge in [-0.05, 0) is 37.1 Å². The summed E-state index contributed by atoms with van der Waals surface area (Å²) in [5.41, 5.74) is 2.43. The number of aromatic nitrogens is 1. The number of ether oxygens (including phenoxy) is 1. The third kappa shape index (κ3) is 7.15. The fourth-order valence-corrected chi connectivity index (χ4v) is 3.33. The molecule has 1 aliphatic rings. The van der Waals surface area contributed by atoms with Crippen LogP contribution in [0.2, 0.25) is 0 Å². The van der Waals surface area contributed by atoms with E-state index in [0.717, 1.165) is 50.1 Å². The molecule has 0 saturated carbocycles. The standard InChI is InChI=1S/C22H31N5O.HI/c1-4-23-22(26(3)17-19-8-6-5-7-9-19)25-15-20-10-11-24-21(14-20)27-12-13-28-18(2)16-27;/h5-11,14,18H,4,12-13,15-17H2,1-3H3,(H,23,25);1H. The summed E-state index contributed by atoms with van der Waals surface area (Å²) in [6.07, 6.45) is 2.12. The molecule has 1 N–H and O–H groups in total. The number of benzene rings is 1. The van der Waals surface area contributed by atoms with Gasteiger partial charge >= 0.3 is 0 Å². The maximum absolute atomic E-state index is 5.64. The van der Waals surface area contributed by atoms with Crippen LogP contribution in [-0.4, -0.2) is 55.2 Å². The summed E-state index contributed by atoms with van der Waals surface area (Å²) in [6.45, 7) is 8.98. The molecule has 3 rings (SSSR count). The Labute approximate surface area is 191 Å². The van der Waals surface area contributed by atoms with E-state index in [2.05, 4.69) is 71.3 Å². The molecule has 0 radical (unpaired) electrons. The summed E-state index contributed by atoms with van der Waals surface area (Å²) in [4.78, 5) is 13.8. The van der Waals surface area contributed by atoms with Gasteiger partial charge < -0.3 is 19.9 Å². The second kappa shape index (κ2) is 12.0. The Morgan fingerprint density at radius 2 is 2.07 bits per heavy atom. The number of halogens is 1. The molecular weight excluding hydrogens is 477 g/mol. The van der Waals surface area contributed by atoms with Crippen molar-refractivity contribution < 1.29 is 4.74 Å². The van der Waals surface area contributed by atoms with Crippen LogP contribution >= 0.6 is 24.0 Å². The van der Waals surface area contributed by atoms with Crippen molar-refractivity contribution in [1.29, 1.82) is 0 Å². The van der Waals surface area contributed by atoms with Crippen LogP contribution in [0.3, 0.4) is 0 Å². The van der Waals surface area contributed by atoms with Crippen molar-refractivity contribution in [3.8, 4) is 0 Å². The van der Waals surface area contributed by atoms with E-state index >= 15 is 0 Å². The van der Waals surface area contributed by atoms with Crippen molar-refractivity contribution in [1.82, 2.24) is 15.2 Å². The lowest BCUT2D eigenvalue weighted by Gasteiger charge is -2.32. The predicted octanol–water partition coefficient (Wildman–Crippen LogP) is 3.52. The van der Waals surface area contributed by atoms with E-state index < -0.39 is 0 Å². The molecule has 1 aliphatic heterocycles. The Morgan fingerprint density at radius 1 is 1.28 bits per heavy atom. The Hall–Kier alpha value is -1.87. The van der Waals surface area contributed by atoms with Crippen molar-refractivity contribution >= 4 is 35.8 Å². The van der Waals surface area contributed by atoms with E-state index in [4.69, 9.17) is 9.73 Å². The van der Waals surface area contributed by atoms with Gasteiger partial charge in [-0.25, -0.2) is 9.98 Å². The van der Waals surface area contributed by atoms with Crippen molar-refractivity contribution in [2.45, 2.75) is 33.0 Å². The lowest BCUT2D eigenvalue weighted by Crippen LogP contribution is -2.41. The molecule has 2 heterocycles. The number of nitrogens with one attached hydrogen (secondary N) is 1. The smallest absolute Gasteiger partial charge is 0.194 e. The van der Waals surface area contributed by atoms with E-state index in [9.17, 15) is 0 Å². The monoisotopic (exact) mass is 509 g/mol. The summed E-state index contributed by atoms with van der Waals surface area (Å²) in [6, 6.07) is 14.6. The molecule has 1 aromatic carbocycles. The Balaban J connectivity index is 0.00000300. The van der Waals surface area contributed by atoms with Crippen LogP contribution in [0.15, 0.2) is 53.7 Å². The van der Waals surface area contributed by atoms with Gasteiger partial charge in [0, 0.05) is 39.4 Å². The topological polar surface area (TPSA) is 53.0 Å². The molecule has 0 amide bonds. The summed E-state index contributed by atoms with van der Waals surface area (Å²) in [7, 11) is 2.07. The van der Waals surface area contributed by atoms with Gasteiger partial charge in [0.05, 0.1) is 19.3 Å². The van der Waals surface area contributed by atoms with Crippen LogP contribution in [-0.2, 0) is 17.8 Å². The first-order valence-electron chi connectivity index (χ1n) is 10.0. The molecule has 0 aliphatic carbocycles. The highest BCUT2D eigenvalue weighted by Crippen LogP contribution is 2.17. The maximum atomic E-state index is 5.64. The second-order valence-electron chi connectivity index (χ2n) is 7.16. The molecule has 158 valence electrons. The van der Waals surface area contributed by atoms with Crippen LogP contribution in [0.5, 0.6) is 0 Å². The van der Waals surface area contributed by atoms with Gasteiger partial charge in [-0.1, -0.05) is 30.3 Å². The van der Waals surface area contributed by atoms with E-state index in [-0.39, 0.29) is 30.1 Å². The lowest BCUT2D eigenvalue weighted by molar-refractivity contribution is 0.0529. The van der Waals surface area contributed by atoms with E-state index in [1.807, 2.05) is 18.3 Å². The van der Waals surface area contributed by atoms with Gasteiger partial charge in [0.2, 0.25) is 0 Å². The minimum absolute atomic E-state index is 0. The van der Waals surface area contributed by atoms with Crippen molar-refractivity contribution in [2.24, 2.45) is 4.99 Å². The number of guanidine groups is 1. The molecule has 2 aromatic rings. The average molecular weight is 509 g/mol. The Kier molecular flexibility index (Phi) is 9.66. The van der Waals surface area contributed by atoms with Gasteiger partial charge in [-0.15, -0.1) is 24.0 Å². The highest BCUT2D eigenvalue weighted by Gasteiger charge is 2.18. The fourth-order valence-electron chi connectivity index (χ4n) is 3.33. The van der Waals surface area contributed by atoms with E-state index in [0.29, 0.717) is 6.54 Å². The normalized spacial score (nSPS) is 16.9. The Bertz CT molecular complexity index is 771. The molecule has 1 aromatic heterocycles. The number of aliphatic imine (C=N–C) groups is 1. The zero-order valence-corrected chi connectivity index (χ0v) is 19.9. The van der Waals surface area contributed by atoms with Crippen molar-refractivity contribution in [2.75, 3.05) is 38.2 Å². The molecule has 1 unspecified atom stereocenters. The van der Waals surface area contributed by atoms with Crippen LogP contribution in [0, 0.1) is 0 Å². The quantitative estimate of drug-likeness (QED) is 0.367. The number of pyridine rings is 1. The van der Waals surface area contributed by atoms with Crippen LogP contribution < -0.4 is 10.2 Å². The minimum Gasteiger partial charge on any atom is -0.375 e. The van der Waals surface area contributed by atoms with Crippen LogP contribution in [0.1, 0.15) is 25.0 Å². The number of anilines is 1. The Morgan fingerprint density at radius 3 is 2.79 bits per heavy atom. The third-order valence-corrected chi connectivity index (χ3v) is 4.75. The zero-order valence-electron chi connectivity index (χ0n) is 17.5. The number of rotatable bonds is 6. The molecular formula is C22H32IN5O. The average Bonchev–Trinajstić information content (AvgIpc) is 2.72. The molecule has 29 heavy (non-hydrogen) atoms.